The van der Waals surface area contributed by atoms with Crippen LogP contribution >= 0.6 is 0 Å². The molecule has 0 saturated heterocycles. The van der Waals surface area contributed by atoms with Crippen LogP contribution in [0, 0.1) is 11.7 Å². The number of hydrogen-bond acceptors (Lipinski definition) is 2. The molecule has 0 aliphatic rings. The molecule has 0 saturated carbocycles. The number of rotatable bonds is 4. The third-order valence-corrected chi connectivity index (χ3v) is 2.54. The molecule has 0 radical (unpaired) electrons. The van der Waals surface area contributed by atoms with Gasteiger partial charge in [-0.2, -0.15) is 13.2 Å². The summed E-state index contributed by atoms with van der Waals surface area (Å²) in [5.41, 5.74) is -1.39. The third kappa shape index (κ3) is 3.84. The molecule has 0 fully saturated rings. The second-order valence-electron chi connectivity index (χ2n) is 4.40. The molecule has 0 aromatic heterocycles. The van der Waals surface area contributed by atoms with E-state index in [4.69, 9.17) is 5.11 Å². The number of hydrogen-bond donors (Lipinski definition) is 2. The van der Waals surface area contributed by atoms with E-state index in [2.05, 4.69) is 5.32 Å². The number of carboxylic acids is 1. The van der Waals surface area contributed by atoms with E-state index in [1.54, 1.807) is 13.8 Å². The van der Waals surface area contributed by atoms with Gasteiger partial charge in [0.2, 0.25) is 0 Å². The van der Waals surface area contributed by atoms with Gasteiger partial charge < -0.3 is 10.4 Å². The molecule has 1 rings (SSSR count). The van der Waals surface area contributed by atoms with Crippen molar-refractivity contribution in [3.8, 4) is 0 Å². The topological polar surface area (TPSA) is 49.3 Å². The molecule has 0 spiro atoms. The lowest BCUT2D eigenvalue weighted by molar-refractivity contribution is -0.139. The fraction of sp³-hybridized carbons (Fsp3) is 0.417. The fourth-order valence-electron chi connectivity index (χ4n) is 1.49. The van der Waals surface area contributed by atoms with Gasteiger partial charge in [0, 0.05) is 0 Å². The van der Waals surface area contributed by atoms with E-state index < -0.39 is 29.6 Å². The maximum absolute atomic E-state index is 13.5. The number of halogens is 4. The lowest BCUT2D eigenvalue weighted by Crippen LogP contribution is -2.34. The summed E-state index contributed by atoms with van der Waals surface area (Å²) in [4.78, 5) is 10.9. The molecule has 1 aromatic rings. The van der Waals surface area contributed by atoms with Crippen molar-refractivity contribution < 1.29 is 27.5 Å². The van der Waals surface area contributed by atoms with Crippen LogP contribution < -0.4 is 5.32 Å². The summed E-state index contributed by atoms with van der Waals surface area (Å²) in [5.74, 6) is -2.68. The summed E-state index contributed by atoms with van der Waals surface area (Å²) < 4.78 is 50.5. The van der Waals surface area contributed by atoms with Gasteiger partial charge in [-0.3, -0.25) is 0 Å². The van der Waals surface area contributed by atoms with Crippen LogP contribution in [0.4, 0.5) is 23.2 Å². The van der Waals surface area contributed by atoms with Gasteiger partial charge in [0.25, 0.3) is 0 Å². The summed E-state index contributed by atoms with van der Waals surface area (Å²) in [7, 11) is 0. The Morgan fingerprint density at radius 2 is 1.89 bits per heavy atom. The van der Waals surface area contributed by atoms with E-state index in [1.165, 1.54) is 0 Å². The lowest BCUT2D eigenvalue weighted by Gasteiger charge is -2.20. The molecule has 2 N–H and O–H groups in total. The van der Waals surface area contributed by atoms with Gasteiger partial charge in [-0.05, 0) is 24.1 Å². The van der Waals surface area contributed by atoms with Gasteiger partial charge in [-0.1, -0.05) is 13.8 Å². The van der Waals surface area contributed by atoms with E-state index in [9.17, 15) is 22.4 Å². The van der Waals surface area contributed by atoms with Crippen molar-refractivity contribution in [3.05, 3.63) is 29.6 Å². The summed E-state index contributed by atoms with van der Waals surface area (Å²) >= 11 is 0. The monoisotopic (exact) mass is 279 g/mol. The first-order valence-electron chi connectivity index (χ1n) is 5.49. The Bertz CT molecular complexity index is 471. The molecule has 1 atom stereocenters. The standard InChI is InChI=1S/C12H13F4NO2/c1-6(2)10(11(18)19)17-9-4-3-7(5-8(9)13)12(14,15)16/h3-6,10,17H,1-2H3,(H,18,19). The van der Waals surface area contributed by atoms with Crippen molar-refractivity contribution in [2.75, 3.05) is 5.32 Å². The molecule has 0 bridgehead atoms. The summed E-state index contributed by atoms with van der Waals surface area (Å²) in [5, 5.41) is 11.3. The normalized spacial score (nSPS) is 13.4. The van der Waals surface area contributed by atoms with Crippen molar-refractivity contribution in [2.24, 2.45) is 5.92 Å². The minimum atomic E-state index is -4.64. The Kier molecular flexibility index (Phi) is 4.39. The predicted molar refractivity (Wildman–Crippen MR) is 61.3 cm³/mol. The molecular formula is C12H13F4NO2. The summed E-state index contributed by atoms with van der Waals surface area (Å²) in [6, 6.07) is 0.842. The first-order chi connectivity index (χ1) is 8.62. The van der Waals surface area contributed by atoms with Crippen molar-refractivity contribution in [3.63, 3.8) is 0 Å². The Hall–Kier alpha value is -1.79. The number of anilines is 1. The van der Waals surface area contributed by atoms with E-state index in [1.807, 2.05) is 0 Å². The van der Waals surface area contributed by atoms with Gasteiger partial charge >= 0.3 is 12.1 Å². The number of carbonyl (C=O) groups is 1. The van der Waals surface area contributed by atoms with E-state index in [-0.39, 0.29) is 11.6 Å². The van der Waals surface area contributed by atoms with Crippen LogP contribution in [0.2, 0.25) is 0 Å². The van der Waals surface area contributed by atoms with Crippen LogP contribution in [-0.2, 0) is 11.0 Å². The molecular weight excluding hydrogens is 266 g/mol. The number of benzene rings is 1. The molecule has 7 heteroatoms. The van der Waals surface area contributed by atoms with Gasteiger partial charge in [0.1, 0.15) is 11.9 Å². The Balaban J connectivity index is 3.00. The first kappa shape index (κ1) is 15.3. The molecule has 0 amide bonds. The predicted octanol–water partition coefficient (Wildman–Crippen LogP) is 3.37. The Morgan fingerprint density at radius 1 is 1.32 bits per heavy atom. The van der Waals surface area contributed by atoms with Crippen LogP contribution in [0.5, 0.6) is 0 Å². The van der Waals surface area contributed by atoms with Gasteiger partial charge in [-0.25, -0.2) is 9.18 Å². The molecule has 106 valence electrons. The highest BCUT2D eigenvalue weighted by atomic mass is 19.4. The molecule has 0 heterocycles. The maximum atomic E-state index is 13.5. The molecule has 19 heavy (non-hydrogen) atoms. The average Bonchev–Trinajstić information content (AvgIpc) is 2.24. The summed E-state index contributed by atoms with van der Waals surface area (Å²) in [6.45, 7) is 3.21. The fourth-order valence-corrected chi connectivity index (χ4v) is 1.49. The van der Waals surface area contributed by atoms with Crippen LogP contribution in [0.3, 0.4) is 0 Å². The average molecular weight is 279 g/mol. The van der Waals surface area contributed by atoms with Gasteiger partial charge in [0.15, 0.2) is 0 Å². The maximum Gasteiger partial charge on any atom is 0.416 e. The van der Waals surface area contributed by atoms with Crippen molar-refractivity contribution >= 4 is 11.7 Å². The van der Waals surface area contributed by atoms with Crippen molar-refractivity contribution in [2.45, 2.75) is 26.1 Å². The SMILES string of the molecule is CC(C)C(Nc1ccc(C(F)(F)F)cc1F)C(=O)O. The zero-order valence-corrected chi connectivity index (χ0v) is 10.3. The first-order valence-corrected chi connectivity index (χ1v) is 5.49. The highest BCUT2D eigenvalue weighted by molar-refractivity contribution is 5.77. The summed E-state index contributed by atoms with van der Waals surface area (Å²) in [6.07, 6.45) is -4.64. The molecule has 1 aromatic carbocycles. The smallest absolute Gasteiger partial charge is 0.416 e. The van der Waals surface area contributed by atoms with Gasteiger partial charge in [-0.15, -0.1) is 0 Å². The second-order valence-corrected chi connectivity index (χ2v) is 4.40. The second kappa shape index (κ2) is 5.46. The zero-order valence-electron chi connectivity index (χ0n) is 10.3. The Labute approximate surface area is 107 Å². The minimum Gasteiger partial charge on any atom is -0.480 e. The third-order valence-electron chi connectivity index (χ3n) is 2.54. The van der Waals surface area contributed by atoms with Gasteiger partial charge in [0.05, 0.1) is 11.3 Å². The van der Waals surface area contributed by atoms with Crippen molar-refractivity contribution in [1.82, 2.24) is 0 Å². The minimum absolute atomic E-state index is 0.269. The zero-order chi connectivity index (χ0) is 14.8. The number of nitrogens with one attached hydrogen (secondary N) is 1. The van der Waals surface area contributed by atoms with Crippen LogP contribution in [-0.4, -0.2) is 17.1 Å². The van der Waals surface area contributed by atoms with E-state index >= 15 is 0 Å². The largest absolute Gasteiger partial charge is 0.480 e. The number of aliphatic carboxylic acids is 1. The highest BCUT2D eigenvalue weighted by Gasteiger charge is 2.31. The van der Waals surface area contributed by atoms with E-state index in [0.29, 0.717) is 12.1 Å². The van der Waals surface area contributed by atoms with Crippen LogP contribution in [0.25, 0.3) is 0 Å². The number of alkyl halides is 3. The number of carboxylic acid groups (broad SMARTS) is 1. The van der Waals surface area contributed by atoms with Crippen molar-refractivity contribution in [1.29, 1.82) is 0 Å². The van der Waals surface area contributed by atoms with E-state index in [0.717, 1.165) is 6.07 Å². The molecule has 1 unspecified atom stereocenters. The Morgan fingerprint density at radius 3 is 2.26 bits per heavy atom. The molecule has 0 aliphatic carbocycles. The lowest BCUT2D eigenvalue weighted by atomic mass is 10.0. The highest BCUT2D eigenvalue weighted by Crippen LogP contribution is 2.31. The quantitative estimate of drug-likeness (QED) is 0.831. The molecule has 0 aliphatic heterocycles. The molecule has 3 nitrogen and oxygen atoms in total. The van der Waals surface area contributed by atoms with Crippen LogP contribution in [0.1, 0.15) is 19.4 Å². The van der Waals surface area contributed by atoms with Crippen LogP contribution in [0.15, 0.2) is 18.2 Å².